The summed E-state index contributed by atoms with van der Waals surface area (Å²) in [5, 5.41) is 0. The maximum absolute atomic E-state index is 5.67. The van der Waals surface area contributed by atoms with Crippen molar-refractivity contribution in [2.75, 3.05) is 18.8 Å². The Hall–Kier alpha value is -0.580. The van der Waals surface area contributed by atoms with Crippen LogP contribution in [0.4, 0.5) is 0 Å². The molecule has 18 heavy (non-hydrogen) atoms. The van der Waals surface area contributed by atoms with E-state index in [4.69, 9.17) is 18.0 Å². The van der Waals surface area contributed by atoms with Crippen LogP contribution in [0.3, 0.4) is 0 Å². The van der Waals surface area contributed by atoms with Crippen molar-refractivity contribution in [1.82, 2.24) is 4.90 Å². The van der Waals surface area contributed by atoms with E-state index < -0.39 is 0 Å². The van der Waals surface area contributed by atoms with E-state index in [1.54, 1.807) is 0 Å². The average molecular weight is 280 g/mol. The van der Waals surface area contributed by atoms with Crippen LogP contribution in [0.2, 0.25) is 0 Å². The smallest absolute Gasteiger partial charge is 0.103 e. The zero-order valence-electron chi connectivity index (χ0n) is 11.0. The van der Waals surface area contributed by atoms with Crippen LogP contribution in [0.1, 0.15) is 25.0 Å². The lowest BCUT2D eigenvalue weighted by molar-refractivity contribution is 0.252. The van der Waals surface area contributed by atoms with Crippen LogP contribution in [0.15, 0.2) is 24.3 Å². The lowest BCUT2D eigenvalue weighted by atomic mass is 10.1. The van der Waals surface area contributed by atoms with Crippen molar-refractivity contribution >= 4 is 29.0 Å². The highest BCUT2D eigenvalue weighted by atomic mass is 32.2. The first-order valence-corrected chi connectivity index (χ1v) is 7.61. The van der Waals surface area contributed by atoms with E-state index in [1.165, 1.54) is 11.3 Å². The summed E-state index contributed by atoms with van der Waals surface area (Å²) < 4.78 is 0.360. The van der Waals surface area contributed by atoms with Gasteiger partial charge in [-0.05, 0) is 25.5 Å². The van der Waals surface area contributed by atoms with Gasteiger partial charge in [0.1, 0.15) is 4.99 Å². The van der Waals surface area contributed by atoms with E-state index in [0.717, 1.165) is 25.2 Å². The first-order valence-electron chi connectivity index (χ1n) is 6.21. The fraction of sp³-hybridized carbons (Fsp3) is 0.500. The molecule has 0 unspecified atom stereocenters. The van der Waals surface area contributed by atoms with E-state index in [0.29, 0.717) is 9.74 Å². The summed E-state index contributed by atoms with van der Waals surface area (Å²) in [6.07, 6.45) is 0. The molecule has 0 aromatic heterocycles. The SMILES string of the molecule is CC1(C)CN(Cc2cccc(C(N)=S)c2)CCS1. The highest BCUT2D eigenvalue weighted by molar-refractivity contribution is 8.00. The Bertz CT molecular complexity index is 443. The van der Waals surface area contributed by atoms with Gasteiger partial charge >= 0.3 is 0 Å². The predicted octanol–water partition coefficient (Wildman–Crippen LogP) is 2.65. The number of nitrogens with two attached hydrogens (primary N) is 1. The highest BCUT2D eigenvalue weighted by Gasteiger charge is 2.26. The van der Waals surface area contributed by atoms with Crippen LogP contribution in [-0.2, 0) is 6.54 Å². The first-order chi connectivity index (χ1) is 8.46. The quantitative estimate of drug-likeness (QED) is 0.862. The molecule has 1 aromatic rings. The monoisotopic (exact) mass is 280 g/mol. The van der Waals surface area contributed by atoms with Gasteiger partial charge in [0.25, 0.3) is 0 Å². The summed E-state index contributed by atoms with van der Waals surface area (Å²) >= 11 is 7.08. The molecule has 1 saturated heterocycles. The van der Waals surface area contributed by atoms with E-state index in [2.05, 4.69) is 42.6 Å². The van der Waals surface area contributed by atoms with Gasteiger partial charge in [-0.3, -0.25) is 4.90 Å². The third-order valence-corrected chi connectivity index (χ3v) is 4.66. The molecule has 1 fully saturated rings. The van der Waals surface area contributed by atoms with Crippen molar-refractivity contribution in [3.8, 4) is 0 Å². The number of benzene rings is 1. The van der Waals surface area contributed by atoms with Gasteiger partial charge in [0.05, 0.1) is 0 Å². The Morgan fingerprint density at radius 1 is 1.50 bits per heavy atom. The van der Waals surface area contributed by atoms with Gasteiger partial charge in [-0.25, -0.2) is 0 Å². The number of nitrogens with zero attached hydrogens (tertiary/aromatic N) is 1. The van der Waals surface area contributed by atoms with Crippen LogP contribution in [0.25, 0.3) is 0 Å². The fourth-order valence-corrected chi connectivity index (χ4v) is 3.63. The molecule has 0 radical (unpaired) electrons. The van der Waals surface area contributed by atoms with Gasteiger partial charge in [-0.1, -0.05) is 30.4 Å². The zero-order valence-corrected chi connectivity index (χ0v) is 12.6. The first kappa shape index (κ1) is 13.8. The minimum atomic E-state index is 0.360. The molecule has 2 N–H and O–H groups in total. The predicted molar refractivity (Wildman–Crippen MR) is 84.1 cm³/mol. The second kappa shape index (κ2) is 5.59. The Morgan fingerprint density at radius 2 is 2.28 bits per heavy atom. The Labute approximate surface area is 119 Å². The van der Waals surface area contributed by atoms with Crippen LogP contribution in [-0.4, -0.2) is 33.5 Å². The molecule has 0 saturated carbocycles. The third kappa shape index (κ3) is 3.70. The van der Waals surface area contributed by atoms with Crippen molar-refractivity contribution < 1.29 is 0 Å². The minimum Gasteiger partial charge on any atom is -0.389 e. The van der Waals surface area contributed by atoms with Gasteiger partial charge in [0, 0.05) is 35.7 Å². The Balaban J connectivity index is 2.05. The summed E-state index contributed by atoms with van der Waals surface area (Å²) in [4.78, 5) is 2.99. The number of thioether (sulfide) groups is 1. The second-order valence-corrected chi connectivity index (χ2v) is 7.63. The molecule has 0 spiro atoms. The van der Waals surface area contributed by atoms with Crippen molar-refractivity contribution in [2.24, 2.45) is 5.73 Å². The van der Waals surface area contributed by atoms with Crippen LogP contribution < -0.4 is 5.73 Å². The molecule has 1 aliphatic rings. The van der Waals surface area contributed by atoms with Gasteiger partial charge in [0.15, 0.2) is 0 Å². The number of thiocarbonyl (C=S) groups is 1. The zero-order chi connectivity index (χ0) is 13.2. The molecule has 4 heteroatoms. The van der Waals surface area contributed by atoms with Gasteiger partial charge in [-0.2, -0.15) is 11.8 Å². The fourth-order valence-electron chi connectivity index (χ4n) is 2.33. The Morgan fingerprint density at radius 3 is 2.94 bits per heavy atom. The maximum atomic E-state index is 5.67. The molecule has 0 atom stereocenters. The largest absolute Gasteiger partial charge is 0.389 e. The van der Waals surface area contributed by atoms with Crippen LogP contribution in [0, 0.1) is 0 Å². The molecule has 1 heterocycles. The van der Waals surface area contributed by atoms with E-state index in [1.807, 2.05) is 12.1 Å². The third-order valence-electron chi connectivity index (χ3n) is 3.12. The molecule has 2 rings (SSSR count). The van der Waals surface area contributed by atoms with Crippen LogP contribution in [0.5, 0.6) is 0 Å². The standard InChI is InChI=1S/C14H20N2S2/c1-14(2)10-16(6-7-18-14)9-11-4-3-5-12(8-11)13(15)17/h3-5,8H,6-7,9-10H2,1-2H3,(H2,15,17). The van der Waals surface area contributed by atoms with Gasteiger partial charge in [0.2, 0.25) is 0 Å². The molecular formula is C14H20N2S2. The molecule has 0 aliphatic carbocycles. The summed E-state index contributed by atoms with van der Waals surface area (Å²) in [5.74, 6) is 1.21. The highest BCUT2D eigenvalue weighted by Crippen LogP contribution is 2.30. The Kier molecular flexibility index (Phi) is 4.30. The van der Waals surface area contributed by atoms with Crippen molar-refractivity contribution in [3.05, 3.63) is 35.4 Å². The summed E-state index contributed by atoms with van der Waals surface area (Å²) in [6, 6.07) is 8.27. The maximum Gasteiger partial charge on any atom is 0.103 e. The topological polar surface area (TPSA) is 29.3 Å². The number of hydrogen-bond acceptors (Lipinski definition) is 3. The summed E-state index contributed by atoms with van der Waals surface area (Å²) in [7, 11) is 0. The molecule has 2 nitrogen and oxygen atoms in total. The van der Waals surface area contributed by atoms with Gasteiger partial charge in [-0.15, -0.1) is 0 Å². The summed E-state index contributed by atoms with van der Waals surface area (Å²) in [5.41, 5.74) is 7.93. The average Bonchev–Trinajstić information content (AvgIpc) is 2.28. The lowest BCUT2D eigenvalue weighted by Crippen LogP contribution is -2.42. The van der Waals surface area contributed by atoms with E-state index in [-0.39, 0.29) is 0 Å². The molecule has 1 aliphatic heterocycles. The number of rotatable bonds is 3. The van der Waals surface area contributed by atoms with E-state index >= 15 is 0 Å². The van der Waals surface area contributed by atoms with Crippen molar-refractivity contribution in [1.29, 1.82) is 0 Å². The van der Waals surface area contributed by atoms with Crippen molar-refractivity contribution in [2.45, 2.75) is 25.1 Å². The van der Waals surface area contributed by atoms with Crippen LogP contribution >= 0.6 is 24.0 Å². The molecular weight excluding hydrogens is 260 g/mol. The molecule has 0 bridgehead atoms. The minimum absolute atomic E-state index is 0.360. The van der Waals surface area contributed by atoms with Gasteiger partial charge < -0.3 is 5.73 Å². The van der Waals surface area contributed by atoms with Crippen molar-refractivity contribution in [3.63, 3.8) is 0 Å². The summed E-state index contributed by atoms with van der Waals surface area (Å²) in [6.45, 7) is 7.91. The lowest BCUT2D eigenvalue weighted by Gasteiger charge is -2.37. The normalized spacial score (nSPS) is 19.7. The number of hydrogen-bond donors (Lipinski definition) is 1. The molecule has 98 valence electrons. The molecule has 0 amide bonds. The van der Waals surface area contributed by atoms with E-state index in [9.17, 15) is 0 Å². The second-order valence-electron chi connectivity index (χ2n) is 5.38. The molecule has 1 aromatic carbocycles.